The maximum Gasteiger partial charge on any atom is 0.332 e. The largest absolute Gasteiger partial charge is 0.391 e. The summed E-state index contributed by atoms with van der Waals surface area (Å²) in [5.41, 5.74) is -0.380. The fourth-order valence-corrected chi connectivity index (χ4v) is 2.46. The van der Waals surface area contributed by atoms with Crippen LogP contribution in [0.4, 0.5) is 5.82 Å². The van der Waals surface area contributed by atoms with Gasteiger partial charge in [0.05, 0.1) is 12.1 Å². The molecular weight excluding hydrogens is 308 g/mol. The minimum atomic E-state index is -0.752. The van der Waals surface area contributed by atoms with Crippen LogP contribution in [0.15, 0.2) is 39.9 Å². The Hall–Kier alpha value is -2.85. The molecule has 7 nitrogen and oxygen atoms in total. The molecule has 0 saturated carbocycles. The van der Waals surface area contributed by atoms with Crippen LogP contribution < -0.4 is 16.6 Å². The van der Waals surface area contributed by atoms with E-state index in [0.717, 1.165) is 10.1 Å². The summed E-state index contributed by atoms with van der Waals surface area (Å²) in [4.78, 5) is 24.1. The number of hydrogen-bond donors (Lipinski definition) is 2. The van der Waals surface area contributed by atoms with Crippen molar-refractivity contribution in [1.29, 1.82) is 5.26 Å². The number of benzene rings is 1. The van der Waals surface area contributed by atoms with Crippen molar-refractivity contribution in [2.24, 2.45) is 14.1 Å². The summed E-state index contributed by atoms with van der Waals surface area (Å²) in [7, 11) is 2.80. The SMILES string of the molecule is CC(Nc1c(C#N)c(=O)n(C)c(=O)n1C)C(O)Cc1ccccc1. The van der Waals surface area contributed by atoms with Gasteiger partial charge in [0.2, 0.25) is 0 Å². The lowest BCUT2D eigenvalue weighted by Gasteiger charge is -2.23. The molecule has 7 heteroatoms. The first-order valence-electron chi connectivity index (χ1n) is 7.55. The number of nitriles is 1. The van der Waals surface area contributed by atoms with E-state index in [1.165, 1.54) is 18.7 Å². The molecule has 2 N–H and O–H groups in total. The van der Waals surface area contributed by atoms with Gasteiger partial charge in [-0.1, -0.05) is 30.3 Å². The highest BCUT2D eigenvalue weighted by atomic mass is 16.3. The molecule has 1 aromatic heterocycles. The Morgan fingerprint density at radius 1 is 1.21 bits per heavy atom. The smallest absolute Gasteiger partial charge is 0.332 e. The van der Waals surface area contributed by atoms with Crippen molar-refractivity contribution in [3.8, 4) is 6.07 Å². The topological polar surface area (TPSA) is 100 Å². The van der Waals surface area contributed by atoms with Crippen LogP contribution in [0.5, 0.6) is 0 Å². The van der Waals surface area contributed by atoms with Crippen molar-refractivity contribution in [2.75, 3.05) is 5.32 Å². The summed E-state index contributed by atoms with van der Waals surface area (Å²) >= 11 is 0. The number of aliphatic hydroxyl groups excluding tert-OH is 1. The Bertz CT molecular complexity index is 878. The van der Waals surface area contributed by atoms with Gasteiger partial charge in [-0.3, -0.25) is 13.9 Å². The van der Waals surface area contributed by atoms with Crippen molar-refractivity contribution in [2.45, 2.75) is 25.5 Å². The zero-order valence-corrected chi connectivity index (χ0v) is 13.9. The molecule has 0 saturated heterocycles. The van der Waals surface area contributed by atoms with Gasteiger partial charge in [0.1, 0.15) is 11.9 Å². The number of hydrogen-bond acceptors (Lipinski definition) is 5. The molecule has 0 fully saturated rings. The molecule has 0 aliphatic heterocycles. The summed E-state index contributed by atoms with van der Waals surface area (Å²) in [5, 5.41) is 22.5. The highest BCUT2D eigenvalue weighted by Crippen LogP contribution is 2.13. The predicted octanol–water partition coefficient (Wildman–Crippen LogP) is 0.360. The van der Waals surface area contributed by atoms with Gasteiger partial charge in [-0.25, -0.2) is 4.79 Å². The van der Waals surface area contributed by atoms with E-state index in [4.69, 9.17) is 0 Å². The van der Waals surface area contributed by atoms with E-state index in [1.54, 1.807) is 6.92 Å². The molecule has 0 aliphatic rings. The second kappa shape index (κ2) is 7.15. The van der Waals surface area contributed by atoms with Crippen LogP contribution in [0.1, 0.15) is 18.1 Å². The van der Waals surface area contributed by atoms with Crippen LogP contribution in [-0.2, 0) is 20.5 Å². The van der Waals surface area contributed by atoms with Gasteiger partial charge in [-0.2, -0.15) is 5.26 Å². The average molecular weight is 328 g/mol. The van der Waals surface area contributed by atoms with E-state index in [1.807, 2.05) is 36.4 Å². The average Bonchev–Trinajstić information content (AvgIpc) is 2.58. The Morgan fingerprint density at radius 3 is 2.42 bits per heavy atom. The van der Waals surface area contributed by atoms with E-state index >= 15 is 0 Å². The number of rotatable bonds is 5. The van der Waals surface area contributed by atoms with Gasteiger partial charge in [-0.05, 0) is 12.5 Å². The van der Waals surface area contributed by atoms with Gasteiger partial charge in [0, 0.05) is 20.5 Å². The molecule has 2 unspecified atom stereocenters. The molecule has 0 spiro atoms. The molecule has 24 heavy (non-hydrogen) atoms. The van der Waals surface area contributed by atoms with Gasteiger partial charge in [0.25, 0.3) is 5.56 Å². The lowest BCUT2D eigenvalue weighted by Crippen LogP contribution is -2.42. The van der Waals surface area contributed by atoms with Crippen LogP contribution in [0.25, 0.3) is 0 Å². The molecule has 126 valence electrons. The highest BCUT2D eigenvalue weighted by Gasteiger charge is 2.20. The number of anilines is 1. The number of aromatic nitrogens is 2. The van der Waals surface area contributed by atoms with E-state index < -0.39 is 23.4 Å². The third-order valence-electron chi connectivity index (χ3n) is 4.01. The first-order valence-corrected chi connectivity index (χ1v) is 7.55. The van der Waals surface area contributed by atoms with Gasteiger partial charge in [0.15, 0.2) is 5.56 Å². The van der Waals surface area contributed by atoms with Crippen LogP contribution >= 0.6 is 0 Å². The zero-order valence-electron chi connectivity index (χ0n) is 13.9. The monoisotopic (exact) mass is 328 g/mol. The van der Waals surface area contributed by atoms with Crippen molar-refractivity contribution in [3.05, 3.63) is 62.3 Å². The Labute approximate surface area is 139 Å². The standard InChI is InChI=1S/C17H20N4O3/c1-11(14(22)9-12-7-5-4-6-8-12)19-15-13(10-18)16(23)21(3)17(24)20(15)2/h4-8,11,14,19,22H,9H2,1-3H3. The van der Waals surface area contributed by atoms with Crippen LogP contribution in [-0.4, -0.2) is 26.4 Å². The second-order valence-electron chi connectivity index (χ2n) is 5.73. The Balaban J connectivity index is 2.29. The minimum absolute atomic E-state index is 0.116. The lowest BCUT2D eigenvalue weighted by molar-refractivity contribution is 0.158. The summed E-state index contributed by atoms with van der Waals surface area (Å²) < 4.78 is 2.08. The molecule has 0 amide bonds. The third kappa shape index (κ3) is 3.39. The van der Waals surface area contributed by atoms with Crippen molar-refractivity contribution >= 4 is 5.82 Å². The van der Waals surface area contributed by atoms with Crippen molar-refractivity contribution in [1.82, 2.24) is 9.13 Å². The molecule has 2 atom stereocenters. The second-order valence-corrected chi connectivity index (χ2v) is 5.73. The fourth-order valence-electron chi connectivity index (χ4n) is 2.46. The molecule has 2 aromatic rings. The normalized spacial score (nSPS) is 13.1. The van der Waals surface area contributed by atoms with Crippen LogP contribution in [0, 0.1) is 11.3 Å². The maximum atomic E-state index is 12.1. The molecule has 2 rings (SSSR count). The minimum Gasteiger partial charge on any atom is -0.391 e. The summed E-state index contributed by atoms with van der Waals surface area (Å²) in [6.45, 7) is 1.73. The van der Waals surface area contributed by atoms with Gasteiger partial charge in [-0.15, -0.1) is 0 Å². The summed E-state index contributed by atoms with van der Waals surface area (Å²) in [5.74, 6) is 0.116. The van der Waals surface area contributed by atoms with Gasteiger partial charge >= 0.3 is 5.69 Å². The zero-order chi connectivity index (χ0) is 17.9. The third-order valence-corrected chi connectivity index (χ3v) is 4.01. The van der Waals surface area contributed by atoms with E-state index in [0.29, 0.717) is 6.42 Å². The van der Waals surface area contributed by atoms with Crippen molar-refractivity contribution in [3.63, 3.8) is 0 Å². The van der Waals surface area contributed by atoms with Crippen LogP contribution in [0.3, 0.4) is 0 Å². The molecular formula is C17H20N4O3. The van der Waals surface area contributed by atoms with Crippen LogP contribution in [0.2, 0.25) is 0 Å². The van der Waals surface area contributed by atoms with E-state index in [9.17, 15) is 20.0 Å². The van der Waals surface area contributed by atoms with Crippen molar-refractivity contribution < 1.29 is 5.11 Å². The Morgan fingerprint density at radius 2 is 1.83 bits per heavy atom. The quantitative estimate of drug-likeness (QED) is 0.825. The van der Waals surface area contributed by atoms with E-state index in [-0.39, 0.29) is 11.4 Å². The molecule has 0 radical (unpaired) electrons. The lowest BCUT2D eigenvalue weighted by atomic mass is 10.0. The molecule has 0 bridgehead atoms. The first kappa shape index (κ1) is 17.5. The van der Waals surface area contributed by atoms with Gasteiger partial charge < -0.3 is 10.4 Å². The summed E-state index contributed by atoms with van der Waals surface area (Å²) in [6.07, 6.45) is -0.339. The fraction of sp³-hybridized carbons (Fsp3) is 0.353. The number of nitrogens with one attached hydrogen (secondary N) is 1. The summed E-state index contributed by atoms with van der Waals surface area (Å²) in [6, 6.07) is 10.9. The maximum absolute atomic E-state index is 12.1. The molecule has 1 aromatic carbocycles. The number of nitrogens with zero attached hydrogens (tertiary/aromatic N) is 3. The predicted molar refractivity (Wildman–Crippen MR) is 90.9 cm³/mol. The Kier molecular flexibility index (Phi) is 5.21. The molecule has 1 heterocycles. The number of aliphatic hydroxyl groups is 1. The first-order chi connectivity index (χ1) is 11.4. The van der Waals surface area contributed by atoms with E-state index in [2.05, 4.69) is 5.32 Å². The highest BCUT2D eigenvalue weighted by molar-refractivity contribution is 5.51. The molecule has 0 aliphatic carbocycles.